The van der Waals surface area contributed by atoms with Crippen LogP contribution in [0, 0.1) is 6.92 Å². The van der Waals surface area contributed by atoms with Crippen molar-refractivity contribution in [2.75, 3.05) is 42.5 Å². The number of amides is 2. The van der Waals surface area contributed by atoms with E-state index in [2.05, 4.69) is 69.7 Å². The second kappa shape index (κ2) is 9.50. The van der Waals surface area contributed by atoms with Crippen LogP contribution < -0.4 is 15.1 Å². The Morgan fingerprint density at radius 2 is 1.80 bits per heavy atom. The molecular formula is C29H35N5O. The number of carbonyl (C=O) groups excluding carboxylic acids is 1. The third kappa shape index (κ3) is 4.47. The molecule has 1 N–H and O–H groups in total. The van der Waals surface area contributed by atoms with E-state index in [1.807, 2.05) is 11.8 Å². The summed E-state index contributed by atoms with van der Waals surface area (Å²) in [6, 6.07) is 20.1. The SMILES string of the molecule is Cc1ccc2c(N3CCN(CCc4cccc(N5C(=O)NC6CCCCC65)c4)CC3)cccc2n1. The number of anilines is 2. The number of hydrogen-bond acceptors (Lipinski definition) is 4. The zero-order chi connectivity index (χ0) is 23.8. The minimum absolute atomic E-state index is 0.0777. The Labute approximate surface area is 207 Å². The number of pyridine rings is 1. The lowest BCUT2D eigenvalue weighted by molar-refractivity contribution is 0.250. The molecule has 1 aromatic heterocycles. The van der Waals surface area contributed by atoms with Gasteiger partial charge < -0.3 is 10.2 Å². The van der Waals surface area contributed by atoms with Gasteiger partial charge in [0.25, 0.3) is 0 Å². The minimum Gasteiger partial charge on any atom is -0.368 e. The van der Waals surface area contributed by atoms with Crippen LogP contribution in [-0.4, -0.2) is 60.7 Å². The number of nitrogens with zero attached hydrogens (tertiary/aromatic N) is 4. The topological polar surface area (TPSA) is 51.7 Å². The normalized spacial score (nSPS) is 22.9. The molecule has 2 amide bonds. The van der Waals surface area contributed by atoms with Crippen molar-refractivity contribution in [3.05, 3.63) is 65.9 Å². The average molecular weight is 470 g/mol. The minimum atomic E-state index is 0.0777. The Morgan fingerprint density at radius 1 is 0.971 bits per heavy atom. The lowest BCUT2D eigenvalue weighted by Crippen LogP contribution is -2.47. The number of piperazine rings is 1. The van der Waals surface area contributed by atoms with E-state index >= 15 is 0 Å². The van der Waals surface area contributed by atoms with Crippen LogP contribution >= 0.6 is 0 Å². The molecule has 3 heterocycles. The van der Waals surface area contributed by atoms with Crippen LogP contribution in [0.5, 0.6) is 0 Å². The quantitative estimate of drug-likeness (QED) is 0.586. The number of aryl methyl sites for hydroxylation is 1. The summed E-state index contributed by atoms with van der Waals surface area (Å²) in [7, 11) is 0. The van der Waals surface area contributed by atoms with E-state index in [0.29, 0.717) is 12.1 Å². The number of urea groups is 1. The molecule has 0 radical (unpaired) electrons. The molecule has 6 rings (SSSR count). The van der Waals surface area contributed by atoms with Crippen LogP contribution in [0.25, 0.3) is 10.9 Å². The molecule has 3 fully saturated rings. The number of aromatic nitrogens is 1. The summed E-state index contributed by atoms with van der Waals surface area (Å²) in [6.45, 7) is 7.29. The van der Waals surface area contributed by atoms with Crippen molar-refractivity contribution >= 4 is 28.3 Å². The predicted octanol–water partition coefficient (Wildman–Crippen LogP) is 4.75. The largest absolute Gasteiger partial charge is 0.368 e. The van der Waals surface area contributed by atoms with Crippen molar-refractivity contribution in [2.24, 2.45) is 0 Å². The molecule has 3 aliphatic rings. The first-order valence-corrected chi connectivity index (χ1v) is 13.2. The van der Waals surface area contributed by atoms with Crippen LogP contribution in [0.2, 0.25) is 0 Å². The highest BCUT2D eigenvalue weighted by Gasteiger charge is 2.41. The molecule has 2 atom stereocenters. The smallest absolute Gasteiger partial charge is 0.322 e. The van der Waals surface area contributed by atoms with Crippen LogP contribution in [0.1, 0.15) is 36.9 Å². The molecule has 6 nitrogen and oxygen atoms in total. The van der Waals surface area contributed by atoms with Crippen molar-refractivity contribution in [3.63, 3.8) is 0 Å². The molecule has 0 bridgehead atoms. The van der Waals surface area contributed by atoms with E-state index in [-0.39, 0.29) is 6.03 Å². The molecule has 1 saturated carbocycles. The monoisotopic (exact) mass is 469 g/mol. The van der Waals surface area contributed by atoms with Gasteiger partial charge in [0.2, 0.25) is 0 Å². The number of nitrogens with one attached hydrogen (secondary N) is 1. The van der Waals surface area contributed by atoms with E-state index in [1.54, 1.807) is 0 Å². The summed E-state index contributed by atoms with van der Waals surface area (Å²) in [5.74, 6) is 0. The van der Waals surface area contributed by atoms with Gasteiger partial charge in [0.05, 0.1) is 17.6 Å². The highest BCUT2D eigenvalue weighted by molar-refractivity contribution is 5.95. The number of fused-ring (bicyclic) bond motifs is 2. The van der Waals surface area contributed by atoms with Gasteiger partial charge in [0, 0.05) is 55.2 Å². The fourth-order valence-corrected chi connectivity index (χ4v) is 6.15. The van der Waals surface area contributed by atoms with E-state index < -0.39 is 0 Å². The molecule has 182 valence electrons. The van der Waals surface area contributed by atoms with Gasteiger partial charge >= 0.3 is 6.03 Å². The fraction of sp³-hybridized carbons (Fsp3) is 0.448. The number of benzene rings is 2. The van der Waals surface area contributed by atoms with E-state index in [4.69, 9.17) is 4.98 Å². The molecule has 35 heavy (non-hydrogen) atoms. The summed E-state index contributed by atoms with van der Waals surface area (Å²) in [6.07, 6.45) is 5.65. The molecule has 2 aromatic carbocycles. The first kappa shape index (κ1) is 22.4. The van der Waals surface area contributed by atoms with Crippen molar-refractivity contribution in [1.29, 1.82) is 0 Å². The van der Waals surface area contributed by atoms with Crippen molar-refractivity contribution < 1.29 is 4.79 Å². The third-order valence-electron chi connectivity index (χ3n) is 8.06. The Hall–Kier alpha value is -3.12. The third-order valence-corrected chi connectivity index (χ3v) is 8.06. The first-order chi connectivity index (χ1) is 17.2. The van der Waals surface area contributed by atoms with Crippen LogP contribution in [-0.2, 0) is 6.42 Å². The molecule has 6 heteroatoms. The maximum Gasteiger partial charge on any atom is 0.322 e. The van der Waals surface area contributed by atoms with Gasteiger partial charge in [-0.3, -0.25) is 14.8 Å². The van der Waals surface area contributed by atoms with Gasteiger partial charge in [-0.1, -0.05) is 31.0 Å². The summed E-state index contributed by atoms with van der Waals surface area (Å²) >= 11 is 0. The molecule has 0 spiro atoms. The Morgan fingerprint density at radius 3 is 2.69 bits per heavy atom. The maximum absolute atomic E-state index is 12.7. The Kier molecular flexibility index (Phi) is 6.06. The molecule has 1 aliphatic carbocycles. The molecule has 3 aromatic rings. The first-order valence-electron chi connectivity index (χ1n) is 13.2. The standard InChI is InChI=1S/C29H35N5O/c1-21-12-13-24-25(30-21)9-5-11-27(24)33-18-16-32(17-19-33)15-14-22-6-4-7-23(20-22)34-28-10-3-2-8-26(28)31-29(34)35/h4-7,9,11-13,20,26,28H,2-3,8,10,14-19H2,1H3,(H,31,35). The van der Waals surface area contributed by atoms with E-state index in [1.165, 1.54) is 29.5 Å². The molecule has 2 saturated heterocycles. The molecular weight excluding hydrogens is 434 g/mol. The second-order valence-corrected chi connectivity index (χ2v) is 10.3. The Balaban J connectivity index is 1.07. The van der Waals surface area contributed by atoms with Gasteiger partial charge in [-0.2, -0.15) is 0 Å². The van der Waals surface area contributed by atoms with Gasteiger partial charge in [-0.05, 0) is 68.1 Å². The van der Waals surface area contributed by atoms with Gasteiger partial charge in [0.1, 0.15) is 0 Å². The zero-order valence-corrected chi connectivity index (χ0v) is 20.6. The van der Waals surface area contributed by atoms with Gasteiger partial charge in [-0.25, -0.2) is 4.79 Å². The average Bonchev–Trinajstić information content (AvgIpc) is 3.23. The van der Waals surface area contributed by atoms with Crippen LogP contribution in [0.3, 0.4) is 0 Å². The predicted molar refractivity (Wildman–Crippen MR) is 142 cm³/mol. The van der Waals surface area contributed by atoms with Crippen molar-refractivity contribution in [3.8, 4) is 0 Å². The number of carbonyl (C=O) groups is 1. The van der Waals surface area contributed by atoms with Crippen LogP contribution in [0.4, 0.5) is 16.2 Å². The highest BCUT2D eigenvalue weighted by atomic mass is 16.2. The molecule has 2 unspecified atom stereocenters. The maximum atomic E-state index is 12.7. The van der Waals surface area contributed by atoms with Gasteiger partial charge in [0.15, 0.2) is 0 Å². The van der Waals surface area contributed by atoms with E-state index in [9.17, 15) is 4.79 Å². The van der Waals surface area contributed by atoms with Crippen molar-refractivity contribution in [1.82, 2.24) is 15.2 Å². The summed E-state index contributed by atoms with van der Waals surface area (Å²) in [5, 5.41) is 4.45. The number of rotatable bonds is 5. The summed E-state index contributed by atoms with van der Waals surface area (Å²) in [4.78, 5) is 24.5. The van der Waals surface area contributed by atoms with Crippen LogP contribution in [0.15, 0.2) is 54.6 Å². The molecule has 2 aliphatic heterocycles. The summed E-state index contributed by atoms with van der Waals surface area (Å²) < 4.78 is 0. The highest BCUT2D eigenvalue weighted by Crippen LogP contribution is 2.32. The Bertz CT molecular complexity index is 1220. The second-order valence-electron chi connectivity index (χ2n) is 10.3. The lowest BCUT2D eigenvalue weighted by Gasteiger charge is -2.36. The summed E-state index contributed by atoms with van der Waals surface area (Å²) in [5.41, 5.74) is 5.81. The zero-order valence-electron chi connectivity index (χ0n) is 20.6. The fourth-order valence-electron chi connectivity index (χ4n) is 6.15. The van der Waals surface area contributed by atoms with E-state index in [0.717, 1.165) is 68.9 Å². The number of hydrogen-bond donors (Lipinski definition) is 1. The van der Waals surface area contributed by atoms with Crippen molar-refractivity contribution in [2.45, 2.75) is 51.1 Å². The van der Waals surface area contributed by atoms with Gasteiger partial charge in [-0.15, -0.1) is 0 Å². The lowest BCUT2D eigenvalue weighted by atomic mass is 9.91.